The van der Waals surface area contributed by atoms with Gasteiger partial charge >= 0.3 is 0 Å². The van der Waals surface area contributed by atoms with Crippen molar-refractivity contribution in [3.8, 4) is 0 Å². The van der Waals surface area contributed by atoms with Crippen molar-refractivity contribution >= 4 is 18.3 Å². The van der Waals surface area contributed by atoms with E-state index in [1.165, 1.54) is 0 Å². The largest absolute Gasteiger partial charge is 0.349 e. The molecule has 6 heteroatoms. The fourth-order valence-corrected chi connectivity index (χ4v) is 2.05. The van der Waals surface area contributed by atoms with Crippen molar-refractivity contribution < 1.29 is 4.79 Å². The van der Waals surface area contributed by atoms with Gasteiger partial charge in [0, 0.05) is 25.4 Å². The maximum Gasteiger partial charge on any atom is 0.227 e. The summed E-state index contributed by atoms with van der Waals surface area (Å²) < 4.78 is 1.73. The third-order valence-corrected chi connectivity index (χ3v) is 3.80. The molecule has 1 aromatic rings. The van der Waals surface area contributed by atoms with Crippen molar-refractivity contribution in [1.82, 2.24) is 15.1 Å². The number of carbonyl (C=O) groups excluding carboxylic acids is 1. The molecule has 1 amide bonds. The number of nitrogens with zero attached hydrogens (tertiary/aromatic N) is 2. The van der Waals surface area contributed by atoms with Crippen molar-refractivity contribution in [2.24, 2.45) is 18.2 Å². The van der Waals surface area contributed by atoms with Gasteiger partial charge in [0.2, 0.25) is 5.91 Å². The minimum Gasteiger partial charge on any atom is -0.349 e. The molecule has 0 aliphatic heterocycles. The Morgan fingerprint density at radius 1 is 1.53 bits per heavy atom. The van der Waals surface area contributed by atoms with Crippen LogP contribution >= 0.6 is 12.4 Å². The zero-order chi connectivity index (χ0) is 13.8. The zero-order valence-corrected chi connectivity index (χ0v) is 13.0. The van der Waals surface area contributed by atoms with Gasteiger partial charge in [-0.2, -0.15) is 5.10 Å². The summed E-state index contributed by atoms with van der Waals surface area (Å²) in [5.41, 5.74) is 6.33. The first-order valence-corrected chi connectivity index (χ1v) is 6.48. The number of halogens is 1. The predicted molar refractivity (Wildman–Crippen MR) is 79.1 cm³/mol. The molecule has 0 bridgehead atoms. The van der Waals surface area contributed by atoms with Crippen molar-refractivity contribution in [3.05, 3.63) is 18.0 Å². The van der Waals surface area contributed by atoms with Crippen molar-refractivity contribution in [3.63, 3.8) is 0 Å². The molecule has 5 nitrogen and oxygen atoms in total. The number of aromatic nitrogens is 2. The van der Waals surface area contributed by atoms with E-state index in [1.807, 2.05) is 34.0 Å². The zero-order valence-electron chi connectivity index (χ0n) is 12.1. The van der Waals surface area contributed by atoms with E-state index in [0.29, 0.717) is 6.54 Å². The molecule has 110 valence electrons. The van der Waals surface area contributed by atoms with Crippen molar-refractivity contribution in [2.75, 3.05) is 6.54 Å². The molecule has 0 saturated heterocycles. The molecule has 0 spiro atoms. The van der Waals surface area contributed by atoms with E-state index in [0.717, 1.165) is 18.4 Å². The quantitative estimate of drug-likeness (QED) is 0.838. The molecule has 19 heavy (non-hydrogen) atoms. The van der Waals surface area contributed by atoms with Gasteiger partial charge in [-0.25, -0.2) is 0 Å². The lowest BCUT2D eigenvalue weighted by atomic mass is 9.81. The Balaban J connectivity index is 0.00000324. The van der Waals surface area contributed by atoms with Crippen LogP contribution in [0.15, 0.2) is 12.4 Å². The topological polar surface area (TPSA) is 72.9 Å². The first kappa shape index (κ1) is 17.9. The van der Waals surface area contributed by atoms with Crippen LogP contribution in [0.25, 0.3) is 0 Å². The molecule has 0 saturated carbocycles. The molecule has 3 N–H and O–H groups in total. The molecule has 1 atom stereocenters. The summed E-state index contributed by atoms with van der Waals surface area (Å²) in [4.78, 5) is 12.3. The highest BCUT2D eigenvalue weighted by molar-refractivity contribution is 5.85. The molecule has 0 aromatic carbocycles. The number of aryl methyl sites for hydroxylation is 1. The monoisotopic (exact) mass is 288 g/mol. The van der Waals surface area contributed by atoms with Crippen LogP contribution in [0.4, 0.5) is 0 Å². The second kappa shape index (κ2) is 7.50. The molecule has 1 unspecified atom stereocenters. The summed E-state index contributed by atoms with van der Waals surface area (Å²) in [6, 6.07) is -0.0461. The Morgan fingerprint density at radius 2 is 2.11 bits per heavy atom. The van der Waals surface area contributed by atoms with Crippen molar-refractivity contribution in [2.45, 2.75) is 39.7 Å². The summed E-state index contributed by atoms with van der Waals surface area (Å²) in [5, 5.41) is 7.14. The van der Waals surface area contributed by atoms with E-state index in [1.54, 1.807) is 10.9 Å². The molecule has 1 rings (SSSR count). The fourth-order valence-electron chi connectivity index (χ4n) is 2.05. The molecular weight excluding hydrogens is 264 g/mol. The maximum absolute atomic E-state index is 12.3. The number of nitrogens with two attached hydrogens (primary N) is 1. The van der Waals surface area contributed by atoms with Gasteiger partial charge in [0.1, 0.15) is 0 Å². The minimum absolute atomic E-state index is 0. The van der Waals surface area contributed by atoms with Crippen LogP contribution in [-0.2, 0) is 11.8 Å². The van der Waals surface area contributed by atoms with Gasteiger partial charge in [-0.3, -0.25) is 9.48 Å². The average molecular weight is 289 g/mol. The lowest BCUT2D eigenvalue weighted by Crippen LogP contribution is -2.45. The SMILES string of the molecule is CCC(CC)(CN)C(=O)NC(C)c1cnn(C)c1.Cl. The summed E-state index contributed by atoms with van der Waals surface area (Å²) in [6.45, 7) is 6.35. The molecule has 0 aliphatic carbocycles. The second-order valence-corrected chi connectivity index (χ2v) is 4.83. The molecule has 0 fully saturated rings. The fraction of sp³-hybridized carbons (Fsp3) is 0.692. The highest BCUT2D eigenvalue weighted by Gasteiger charge is 2.34. The number of nitrogens with one attached hydrogen (secondary N) is 1. The lowest BCUT2D eigenvalue weighted by Gasteiger charge is -2.30. The molecular formula is C13H25ClN4O. The predicted octanol–water partition coefficient (Wildman–Crippen LogP) is 1.78. The molecule has 1 aromatic heterocycles. The van der Waals surface area contributed by atoms with Crippen LogP contribution < -0.4 is 11.1 Å². The smallest absolute Gasteiger partial charge is 0.227 e. The van der Waals surface area contributed by atoms with Crippen LogP contribution in [0.2, 0.25) is 0 Å². The maximum atomic E-state index is 12.3. The van der Waals surface area contributed by atoms with Crippen LogP contribution in [0.5, 0.6) is 0 Å². The third-order valence-electron chi connectivity index (χ3n) is 3.80. The summed E-state index contributed by atoms with van der Waals surface area (Å²) >= 11 is 0. The number of amides is 1. The Hall–Kier alpha value is -1.07. The van der Waals surface area contributed by atoms with Crippen molar-refractivity contribution in [1.29, 1.82) is 0 Å². The second-order valence-electron chi connectivity index (χ2n) is 4.83. The molecule has 0 radical (unpaired) electrons. The van der Waals surface area contributed by atoms with Gasteiger partial charge < -0.3 is 11.1 Å². The Bertz CT molecular complexity index is 393. The van der Waals surface area contributed by atoms with Gasteiger partial charge in [-0.1, -0.05) is 13.8 Å². The van der Waals surface area contributed by atoms with Gasteiger partial charge in [0.05, 0.1) is 17.7 Å². The van der Waals surface area contributed by atoms with E-state index in [-0.39, 0.29) is 24.4 Å². The summed E-state index contributed by atoms with van der Waals surface area (Å²) in [7, 11) is 1.86. The van der Waals surface area contributed by atoms with Gasteiger partial charge in [-0.15, -0.1) is 12.4 Å². The highest BCUT2D eigenvalue weighted by Crippen LogP contribution is 2.26. The summed E-state index contributed by atoms with van der Waals surface area (Å²) in [6.07, 6.45) is 5.19. The molecule has 1 heterocycles. The Morgan fingerprint density at radius 3 is 2.47 bits per heavy atom. The summed E-state index contributed by atoms with van der Waals surface area (Å²) in [5.74, 6) is 0.0337. The number of hydrogen-bond donors (Lipinski definition) is 2. The first-order valence-electron chi connectivity index (χ1n) is 6.48. The van der Waals surface area contributed by atoms with Gasteiger partial charge in [-0.05, 0) is 19.8 Å². The van der Waals surface area contributed by atoms with Crippen LogP contribution in [0, 0.1) is 5.41 Å². The highest BCUT2D eigenvalue weighted by atomic mass is 35.5. The van der Waals surface area contributed by atoms with E-state index in [2.05, 4.69) is 10.4 Å². The van der Waals surface area contributed by atoms with Crippen LogP contribution in [0.3, 0.4) is 0 Å². The standard InChI is InChI=1S/C13H24N4O.ClH/c1-5-13(6-2,9-14)12(18)16-10(3)11-7-15-17(4)8-11;/h7-8,10H,5-6,9,14H2,1-4H3,(H,16,18);1H. The lowest BCUT2D eigenvalue weighted by molar-refractivity contribution is -0.131. The van der Waals surface area contributed by atoms with Gasteiger partial charge in [0.25, 0.3) is 0 Å². The van der Waals surface area contributed by atoms with E-state index in [9.17, 15) is 4.79 Å². The normalized spacial score (nSPS) is 12.7. The molecule has 0 aliphatic rings. The van der Waals surface area contributed by atoms with E-state index >= 15 is 0 Å². The average Bonchev–Trinajstić information content (AvgIpc) is 2.79. The Kier molecular flexibility index (Phi) is 7.08. The van der Waals surface area contributed by atoms with E-state index < -0.39 is 5.41 Å². The number of carbonyl (C=O) groups is 1. The van der Waals surface area contributed by atoms with E-state index in [4.69, 9.17) is 5.73 Å². The van der Waals surface area contributed by atoms with Crippen LogP contribution in [-0.4, -0.2) is 22.2 Å². The first-order chi connectivity index (χ1) is 8.49. The van der Waals surface area contributed by atoms with Crippen LogP contribution in [0.1, 0.15) is 45.2 Å². The number of rotatable bonds is 6. The third kappa shape index (κ3) is 3.94. The Labute approximate surface area is 121 Å². The van der Waals surface area contributed by atoms with Gasteiger partial charge in [0.15, 0.2) is 0 Å². The number of hydrogen-bond acceptors (Lipinski definition) is 3. The minimum atomic E-state index is -0.448.